The maximum atomic E-state index is 12.4. The third-order valence-corrected chi connectivity index (χ3v) is 3.30. The number of hydrogen-bond acceptors (Lipinski definition) is 4. The number of anilines is 1. The van der Waals surface area contributed by atoms with Crippen molar-refractivity contribution in [3.63, 3.8) is 0 Å². The van der Waals surface area contributed by atoms with E-state index in [0.29, 0.717) is 11.6 Å². The minimum atomic E-state index is -4.50. The number of hydrogen-bond donors (Lipinski definition) is 1. The van der Waals surface area contributed by atoms with Crippen LogP contribution in [0.25, 0.3) is 0 Å². The standard InChI is InChI=1S/C14H13ClF3N3O/c1-22-11(9-4-2-3-5-10(9)15)8-19-13-7-6-12(20-21-13)14(16,17)18/h2-7,11H,8H2,1H3,(H,19,21). The summed E-state index contributed by atoms with van der Waals surface area (Å²) in [4.78, 5) is 0. The van der Waals surface area contributed by atoms with Gasteiger partial charge < -0.3 is 10.1 Å². The molecule has 0 spiro atoms. The largest absolute Gasteiger partial charge is 0.435 e. The number of methoxy groups -OCH3 is 1. The van der Waals surface area contributed by atoms with E-state index in [9.17, 15) is 13.2 Å². The first-order valence-corrected chi connectivity index (χ1v) is 6.71. The number of halogens is 4. The lowest BCUT2D eigenvalue weighted by Crippen LogP contribution is -2.16. The number of aromatic nitrogens is 2. The van der Waals surface area contributed by atoms with E-state index in [2.05, 4.69) is 15.5 Å². The highest BCUT2D eigenvalue weighted by atomic mass is 35.5. The number of alkyl halides is 3. The molecule has 0 fully saturated rings. The van der Waals surface area contributed by atoms with Crippen LogP contribution in [0, 0.1) is 0 Å². The van der Waals surface area contributed by atoms with Gasteiger partial charge in [0.1, 0.15) is 11.9 Å². The molecule has 0 aliphatic heterocycles. The van der Waals surface area contributed by atoms with Crippen molar-refractivity contribution in [2.45, 2.75) is 12.3 Å². The van der Waals surface area contributed by atoms with E-state index >= 15 is 0 Å². The molecule has 1 aromatic carbocycles. The van der Waals surface area contributed by atoms with E-state index in [1.807, 2.05) is 12.1 Å². The van der Waals surface area contributed by atoms with Crippen molar-refractivity contribution in [2.24, 2.45) is 0 Å². The lowest BCUT2D eigenvalue weighted by Gasteiger charge is -2.18. The maximum absolute atomic E-state index is 12.4. The summed E-state index contributed by atoms with van der Waals surface area (Å²) in [7, 11) is 1.52. The van der Waals surface area contributed by atoms with E-state index in [1.165, 1.54) is 13.2 Å². The first-order chi connectivity index (χ1) is 10.4. The van der Waals surface area contributed by atoms with Crippen LogP contribution in [0.3, 0.4) is 0 Å². The fourth-order valence-corrected chi connectivity index (χ4v) is 2.09. The van der Waals surface area contributed by atoms with Gasteiger partial charge in [-0.2, -0.15) is 13.2 Å². The van der Waals surface area contributed by atoms with Crippen molar-refractivity contribution in [2.75, 3.05) is 19.0 Å². The summed E-state index contributed by atoms with van der Waals surface area (Å²) in [6.45, 7) is 0.292. The average Bonchev–Trinajstić information content (AvgIpc) is 2.49. The molecule has 1 unspecified atom stereocenters. The summed E-state index contributed by atoms with van der Waals surface area (Å²) in [5, 5.41) is 10.1. The molecule has 2 rings (SSSR count). The molecule has 2 aromatic rings. The van der Waals surface area contributed by atoms with Crippen LogP contribution in [0.5, 0.6) is 0 Å². The molecule has 1 heterocycles. The monoisotopic (exact) mass is 331 g/mol. The van der Waals surface area contributed by atoms with Crippen molar-refractivity contribution in [3.8, 4) is 0 Å². The summed E-state index contributed by atoms with van der Waals surface area (Å²) < 4.78 is 42.5. The molecular weight excluding hydrogens is 319 g/mol. The Morgan fingerprint density at radius 2 is 1.91 bits per heavy atom. The number of ether oxygens (including phenoxy) is 1. The van der Waals surface area contributed by atoms with E-state index in [1.54, 1.807) is 12.1 Å². The summed E-state index contributed by atoms with van der Waals surface area (Å²) in [5.41, 5.74) is -0.258. The van der Waals surface area contributed by atoms with Crippen LogP contribution in [-0.2, 0) is 10.9 Å². The van der Waals surface area contributed by atoms with Gasteiger partial charge in [-0.25, -0.2) is 0 Å². The first-order valence-electron chi connectivity index (χ1n) is 6.34. The fraction of sp³-hybridized carbons (Fsp3) is 0.286. The summed E-state index contributed by atoms with van der Waals surface area (Å²) in [6, 6.07) is 9.26. The number of nitrogens with one attached hydrogen (secondary N) is 1. The van der Waals surface area contributed by atoms with Crippen LogP contribution in [0.4, 0.5) is 19.0 Å². The van der Waals surface area contributed by atoms with Crippen molar-refractivity contribution < 1.29 is 17.9 Å². The lowest BCUT2D eigenvalue weighted by atomic mass is 10.1. The second kappa shape index (κ2) is 6.93. The third-order valence-electron chi connectivity index (χ3n) is 2.96. The molecule has 1 N–H and O–H groups in total. The molecule has 118 valence electrons. The first kappa shape index (κ1) is 16.5. The van der Waals surface area contributed by atoms with Crippen molar-refractivity contribution in [1.29, 1.82) is 0 Å². The van der Waals surface area contributed by atoms with Crippen LogP contribution in [-0.4, -0.2) is 23.9 Å². The van der Waals surface area contributed by atoms with Gasteiger partial charge in [-0.15, -0.1) is 10.2 Å². The molecule has 0 aliphatic rings. The molecule has 0 saturated heterocycles. The zero-order valence-corrected chi connectivity index (χ0v) is 12.3. The van der Waals surface area contributed by atoms with Gasteiger partial charge in [-0.05, 0) is 18.2 Å². The van der Waals surface area contributed by atoms with E-state index in [0.717, 1.165) is 11.6 Å². The Balaban J connectivity index is 2.04. The van der Waals surface area contributed by atoms with Crippen LogP contribution in [0.1, 0.15) is 17.4 Å². The number of nitrogens with zero attached hydrogens (tertiary/aromatic N) is 2. The average molecular weight is 332 g/mol. The van der Waals surface area contributed by atoms with Crippen LogP contribution in [0.15, 0.2) is 36.4 Å². The highest BCUT2D eigenvalue weighted by Gasteiger charge is 2.32. The van der Waals surface area contributed by atoms with Crippen LogP contribution in [0.2, 0.25) is 5.02 Å². The van der Waals surface area contributed by atoms with Gasteiger partial charge in [0.25, 0.3) is 0 Å². The van der Waals surface area contributed by atoms with Crippen LogP contribution < -0.4 is 5.32 Å². The molecule has 4 nitrogen and oxygen atoms in total. The molecule has 1 aromatic heterocycles. The van der Waals surface area contributed by atoms with Crippen molar-refractivity contribution in [3.05, 3.63) is 52.7 Å². The highest BCUT2D eigenvalue weighted by Crippen LogP contribution is 2.28. The Kier molecular flexibility index (Phi) is 5.20. The van der Waals surface area contributed by atoms with Gasteiger partial charge in [0, 0.05) is 24.2 Å². The maximum Gasteiger partial charge on any atom is 0.435 e. The van der Waals surface area contributed by atoms with Crippen molar-refractivity contribution >= 4 is 17.4 Å². The lowest BCUT2D eigenvalue weighted by molar-refractivity contribution is -0.141. The SMILES string of the molecule is COC(CNc1ccc(C(F)(F)F)nn1)c1ccccc1Cl. The summed E-state index contributed by atoms with van der Waals surface area (Å²) in [5.74, 6) is 0.224. The van der Waals surface area contributed by atoms with Gasteiger partial charge >= 0.3 is 6.18 Å². The van der Waals surface area contributed by atoms with Gasteiger partial charge in [-0.1, -0.05) is 29.8 Å². The van der Waals surface area contributed by atoms with E-state index in [-0.39, 0.29) is 11.9 Å². The fourth-order valence-electron chi connectivity index (χ4n) is 1.83. The molecule has 8 heteroatoms. The smallest absolute Gasteiger partial charge is 0.375 e. The Labute approximate surface area is 130 Å². The molecule has 0 bridgehead atoms. The second-order valence-electron chi connectivity index (χ2n) is 4.43. The molecule has 1 atom stereocenters. The molecule has 22 heavy (non-hydrogen) atoms. The van der Waals surface area contributed by atoms with E-state index < -0.39 is 11.9 Å². The second-order valence-corrected chi connectivity index (χ2v) is 4.84. The Morgan fingerprint density at radius 1 is 1.18 bits per heavy atom. The molecule has 0 aliphatic carbocycles. The zero-order valence-electron chi connectivity index (χ0n) is 11.6. The van der Waals surface area contributed by atoms with Gasteiger partial charge in [0.2, 0.25) is 0 Å². The molecule has 0 saturated carbocycles. The predicted molar refractivity (Wildman–Crippen MR) is 76.7 cm³/mol. The van der Waals surface area contributed by atoms with Gasteiger partial charge in [0.15, 0.2) is 5.69 Å². The van der Waals surface area contributed by atoms with E-state index in [4.69, 9.17) is 16.3 Å². The minimum absolute atomic E-state index is 0.224. The Hall–Kier alpha value is -1.86. The highest BCUT2D eigenvalue weighted by molar-refractivity contribution is 6.31. The molecule has 0 radical (unpaired) electrons. The minimum Gasteiger partial charge on any atom is -0.375 e. The molecular formula is C14H13ClF3N3O. The summed E-state index contributed by atoms with van der Waals surface area (Å²) in [6.07, 6.45) is -4.86. The van der Waals surface area contributed by atoms with Gasteiger partial charge in [0.05, 0.1) is 0 Å². The zero-order chi connectivity index (χ0) is 16.2. The predicted octanol–water partition coefficient (Wildman–Crippen LogP) is 3.95. The third kappa shape index (κ3) is 4.08. The van der Waals surface area contributed by atoms with Crippen molar-refractivity contribution in [1.82, 2.24) is 10.2 Å². The molecule has 0 amide bonds. The Morgan fingerprint density at radius 3 is 2.45 bits per heavy atom. The normalized spacial score (nSPS) is 13.0. The van der Waals surface area contributed by atoms with Gasteiger partial charge in [-0.3, -0.25) is 0 Å². The quantitative estimate of drug-likeness (QED) is 0.901. The number of benzene rings is 1. The summed E-state index contributed by atoms with van der Waals surface area (Å²) >= 11 is 6.09. The Bertz CT molecular complexity index is 619. The topological polar surface area (TPSA) is 47.0 Å². The number of rotatable bonds is 5. The van der Waals surface area contributed by atoms with Crippen LogP contribution >= 0.6 is 11.6 Å².